The maximum absolute atomic E-state index is 10.5. The van der Waals surface area contributed by atoms with E-state index in [0.29, 0.717) is 11.3 Å². The molecule has 0 aromatic carbocycles. The van der Waals surface area contributed by atoms with Gasteiger partial charge in [0.2, 0.25) is 0 Å². The van der Waals surface area contributed by atoms with Crippen molar-refractivity contribution in [3.63, 3.8) is 0 Å². The Kier molecular flexibility index (Phi) is 1.26. The van der Waals surface area contributed by atoms with Crippen LogP contribution in [0.3, 0.4) is 0 Å². The van der Waals surface area contributed by atoms with E-state index in [9.17, 15) is 4.79 Å². The van der Waals surface area contributed by atoms with Crippen molar-refractivity contribution < 1.29 is 4.79 Å². The normalized spacial score (nSPS) is 40.3. The van der Waals surface area contributed by atoms with E-state index in [-0.39, 0.29) is 0 Å². The lowest BCUT2D eigenvalue weighted by Gasteiger charge is -2.15. The van der Waals surface area contributed by atoms with Gasteiger partial charge in [-0.1, -0.05) is 19.9 Å². The van der Waals surface area contributed by atoms with Crippen LogP contribution in [0.1, 0.15) is 26.7 Å². The SMILES string of the molecule is CC(C)C12CC=C(C=O)C1C2. The fourth-order valence-electron chi connectivity index (χ4n) is 2.45. The summed E-state index contributed by atoms with van der Waals surface area (Å²) in [6.07, 6.45) is 5.57. The minimum Gasteiger partial charge on any atom is -0.298 e. The Morgan fingerprint density at radius 3 is 2.73 bits per heavy atom. The molecular weight excluding hydrogens is 136 g/mol. The maximum atomic E-state index is 10.5. The summed E-state index contributed by atoms with van der Waals surface area (Å²) in [6.45, 7) is 4.53. The Hall–Kier alpha value is -0.590. The number of fused-ring (bicyclic) bond motifs is 1. The standard InChI is InChI=1S/C10H14O/c1-7(2)10-4-3-8(6-11)9(10)5-10/h3,6-7,9H,4-5H2,1-2H3. The van der Waals surface area contributed by atoms with Crippen molar-refractivity contribution in [3.8, 4) is 0 Å². The maximum Gasteiger partial charge on any atom is 0.146 e. The monoisotopic (exact) mass is 150 g/mol. The summed E-state index contributed by atoms with van der Waals surface area (Å²) in [6, 6.07) is 0. The number of rotatable bonds is 2. The van der Waals surface area contributed by atoms with Crippen molar-refractivity contribution in [2.24, 2.45) is 17.3 Å². The van der Waals surface area contributed by atoms with Crippen molar-refractivity contribution in [1.82, 2.24) is 0 Å². The second-order valence-electron chi connectivity index (χ2n) is 4.17. The van der Waals surface area contributed by atoms with E-state index in [1.807, 2.05) is 0 Å². The number of hydrogen-bond donors (Lipinski definition) is 0. The Morgan fingerprint density at radius 1 is 1.73 bits per heavy atom. The molecule has 0 amide bonds. The molecular formula is C10H14O. The van der Waals surface area contributed by atoms with Crippen molar-refractivity contribution in [3.05, 3.63) is 11.6 Å². The highest BCUT2D eigenvalue weighted by Gasteiger charge is 2.59. The van der Waals surface area contributed by atoms with Crippen molar-refractivity contribution in [2.75, 3.05) is 0 Å². The summed E-state index contributed by atoms with van der Waals surface area (Å²) < 4.78 is 0. The molecule has 0 aromatic rings. The van der Waals surface area contributed by atoms with Crippen LogP contribution in [-0.4, -0.2) is 6.29 Å². The summed E-state index contributed by atoms with van der Waals surface area (Å²) in [5.41, 5.74) is 1.58. The highest BCUT2D eigenvalue weighted by atomic mass is 16.1. The van der Waals surface area contributed by atoms with Gasteiger partial charge in [-0.3, -0.25) is 4.79 Å². The van der Waals surface area contributed by atoms with Gasteiger partial charge in [-0.05, 0) is 35.7 Å². The van der Waals surface area contributed by atoms with Gasteiger partial charge in [0.1, 0.15) is 6.29 Å². The van der Waals surface area contributed by atoms with Crippen LogP contribution in [-0.2, 0) is 4.79 Å². The van der Waals surface area contributed by atoms with E-state index in [4.69, 9.17) is 0 Å². The summed E-state index contributed by atoms with van der Waals surface area (Å²) in [4.78, 5) is 10.5. The molecule has 0 bridgehead atoms. The van der Waals surface area contributed by atoms with Crippen LogP contribution in [0.5, 0.6) is 0 Å². The molecule has 0 N–H and O–H groups in total. The van der Waals surface area contributed by atoms with E-state index in [0.717, 1.165) is 24.2 Å². The largest absolute Gasteiger partial charge is 0.298 e. The minimum atomic E-state index is 0.510. The number of allylic oxidation sites excluding steroid dienone is 2. The molecule has 2 aliphatic rings. The average Bonchev–Trinajstić information content (AvgIpc) is 2.61. The molecule has 2 atom stereocenters. The zero-order chi connectivity index (χ0) is 8.06. The summed E-state index contributed by atoms with van der Waals surface area (Å²) in [5, 5.41) is 0. The van der Waals surface area contributed by atoms with E-state index in [1.165, 1.54) is 6.42 Å². The molecule has 1 nitrogen and oxygen atoms in total. The smallest absolute Gasteiger partial charge is 0.146 e. The van der Waals surface area contributed by atoms with Crippen LogP contribution < -0.4 is 0 Å². The quantitative estimate of drug-likeness (QED) is 0.551. The van der Waals surface area contributed by atoms with E-state index >= 15 is 0 Å². The van der Waals surface area contributed by atoms with Crippen LogP contribution in [0.25, 0.3) is 0 Å². The van der Waals surface area contributed by atoms with Gasteiger partial charge < -0.3 is 0 Å². The third-order valence-corrected chi connectivity index (χ3v) is 3.52. The highest BCUT2D eigenvalue weighted by molar-refractivity contribution is 5.77. The first kappa shape index (κ1) is 7.08. The molecule has 0 aromatic heterocycles. The molecule has 0 saturated heterocycles. The van der Waals surface area contributed by atoms with Gasteiger partial charge in [-0.15, -0.1) is 0 Å². The topological polar surface area (TPSA) is 17.1 Å². The number of carbonyl (C=O) groups is 1. The van der Waals surface area contributed by atoms with E-state index in [2.05, 4.69) is 19.9 Å². The van der Waals surface area contributed by atoms with Gasteiger partial charge in [0.25, 0.3) is 0 Å². The van der Waals surface area contributed by atoms with Gasteiger partial charge in [-0.2, -0.15) is 0 Å². The molecule has 2 aliphatic carbocycles. The number of carbonyl (C=O) groups excluding carboxylic acids is 1. The number of aldehydes is 1. The Balaban J connectivity index is 2.16. The fraction of sp³-hybridized carbons (Fsp3) is 0.700. The van der Waals surface area contributed by atoms with Crippen LogP contribution in [0.4, 0.5) is 0 Å². The first-order valence-corrected chi connectivity index (χ1v) is 4.36. The predicted octanol–water partition coefficient (Wildman–Crippen LogP) is 2.18. The number of hydrogen-bond acceptors (Lipinski definition) is 1. The molecule has 0 spiro atoms. The average molecular weight is 150 g/mol. The third-order valence-electron chi connectivity index (χ3n) is 3.52. The van der Waals surface area contributed by atoms with Crippen molar-refractivity contribution >= 4 is 6.29 Å². The molecule has 0 radical (unpaired) electrons. The summed E-state index contributed by atoms with van der Waals surface area (Å²) in [5.74, 6) is 1.36. The molecule has 2 rings (SSSR count). The molecule has 2 unspecified atom stereocenters. The van der Waals surface area contributed by atoms with Crippen LogP contribution >= 0.6 is 0 Å². The Bertz CT molecular complexity index is 227. The third kappa shape index (κ3) is 0.741. The molecule has 0 heterocycles. The van der Waals surface area contributed by atoms with Gasteiger partial charge in [0.15, 0.2) is 0 Å². The second kappa shape index (κ2) is 1.96. The van der Waals surface area contributed by atoms with Gasteiger partial charge in [-0.25, -0.2) is 0 Å². The molecule has 1 fully saturated rings. The first-order chi connectivity index (χ1) is 5.20. The van der Waals surface area contributed by atoms with Gasteiger partial charge in [0.05, 0.1) is 0 Å². The van der Waals surface area contributed by atoms with Crippen LogP contribution in [0.2, 0.25) is 0 Å². The van der Waals surface area contributed by atoms with E-state index in [1.54, 1.807) is 0 Å². The molecule has 60 valence electrons. The Labute approximate surface area is 67.5 Å². The van der Waals surface area contributed by atoms with Crippen molar-refractivity contribution in [1.29, 1.82) is 0 Å². The molecule has 1 saturated carbocycles. The van der Waals surface area contributed by atoms with Crippen LogP contribution in [0, 0.1) is 17.3 Å². The molecule has 0 aliphatic heterocycles. The molecule has 1 heteroatoms. The fourth-order valence-corrected chi connectivity index (χ4v) is 2.45. The van der Waals surface area contributed by atoms with Gasteiger partial charge in [0, 0.05) is 0 Å². The zero-order valence-electron chi connectivity index (χ0n) is 7.13. The summed E-state index contributed by atoms with van der Waals surface area (Å²) >= 11 is 0. The minimum absolute atomic E-state index is 0.510. The highest BCUT2D eigenvalue weighted by Crippen LogP contribution is 2.66. The molecule has 11 heavy (non-hydrogen) atoms. The van der Waals surface area contributed by atoms with Crippen molar-refractivity contribution in [2.45, 2.75) is 26.7 Å². The zero-order valence-corrected chi connectivity index (χ0v) is 7.13. The predicted molar refractivity (Wildman–Crippen MR) is 44.1 cm³/mol. The lowest BCUT2D eigenvalue weighted by atomic mass is 9.89. The lowest BCUT2D eigenvalue weighted by Crippen LogP contribution is -2.08. The van der Waals surface area contributed by atoms with Crippen LogP contribution in [0.15, 0.2) is 11.6 Å². The summed E-state index contributed by atoms with van der Waals surface area (Å²) in [7, 11) is 0. The Morgan fingerprint density at radius 2 is 2.45 bits per heavy atom. The lowest BCUT2D eigenvalue weighted by molar-refractivity contribution is -0.105. The first-order valence-electron chi connectivity index (χ1n) is 4.36. The second-order valence-corrected chi connectivity index (χ2v) is 4.17. The van der Waals surface area contributed by atoms with E-state index < -0.39 is 0 Å². The van der Waals surface area contributed by atoms with Gasteiger partial charge >= 0.3 is 0 Å².